The lowest BCUT2D eigenvalue weighted by Crippen LogP contribution is -2.26. The first kappa shape index (κ1) is 19.0. The Labute approximate surface area is 169 Å². The van der Waals surface area contributed by atoms with Crippen LogP contribution in [0.15, 0.2) is 24.4 Å². The molecule has 0 aliphatic heterocycles. The summed E-state index contributed by atoms with van der Waals surface area (Å²) in [5, 5.41) is 16.9. The first-order valence-electron chi connectivity index (χ1n) is 9.80. The highest BCUT2D eigenvalue weighted by molar-refractivity contribution is 5.84. The number of rotatable bonds is 6. The van der Waals surface area contributed by atoms with E-state index < -0.39 is 0 Å². The zero-order chi connectivity index (χ0) is 20.5. The van der Waals surface area contributed by atoms with Crippen molar-refractivity contribution in [1.82, 2.24) is 34.7 Å². The molecule has 0 aliphatic rings. The smallest absolute Gasteiger partial charge is 0.220 e. The van der Waals surface area contributed by atoms with Crippen LogP contribution in [-0.4, -0.2) is 41.8 Å². The van der Waals surface area contributed by atoms with Crippen molar-refractivity contribution in [1.29, 1.82) is 0 Å². The third-order valence-electron chi connectivity index (χ3n) is 5.39. The van der Waals surface area contributed by atoms with E-state index in [1.54, 1.807) is 0 Å². The molecule has 0 spiro atoms. The molecule has 8 heteroatoms. The van der Waals surface area contributed by atoms with Crippen LogP contribution in [0.1, 0.15) is 34.8 Å². The van der Waals surface area contributed by atoms with Gasteiger partial charge in [-0.15, -0.1) is 10.2 Å². The van der Waals surface area contributed by atoms with Gasteiger partial charge in [0.1, 0.15) is 5.82 Å². The Kier molecular flexibility index (Phi) is 5.00. The summed E-state index contributed by atoms with van der Waals surface area (Å²) >= 11 is 0. The molecule has 0 fully saturated rings. The monoisotopic (exact) mass is 391 g/mol. The molecule has 8 nitrogen and oxygen atoms in total. The van der Waals surface area contributed by atoms with Gasteiger partial charge in [-0.25, -0.2) is 4.98 Å². The average Bonchev–Trinajstić information content (AvgIpc) is 3.22. The van der Waals surface area contributed by atoms with Gasteiger partial charge in [0.25, 0.3) is 0 Å². The molecular formula is C21H25N7O. The molecule has 1 amide bonds. The molecule has 0 radical (unpaired) electrons. The lowest BCUT2D eigenvalue weighted by Gasteiger charge is -2.11. The van der Waals surface area contributed by atoms with Crippen molar-refractivity contribution in [3.8, 4) is 0 Å². The van der Waals surface area contributed by atoms with Crippen LogP contribution in [0.4, 0.5) is 0 Å². The maximum Gasteiger partial charge on any atom is 0.220 e. The van der Waals surface area contributed by atoms with Crippen LogP contribution in [0.3, 0.4) is 0 Å². The van der Waals surface area contributed by atoms with Gasteiger partial charge in [-0.3, -0.25) is 13.9 Å². The molecular weight excluding hydrogens is 366 g/mol. The van der Waals surface area contributed by atoms with Gasteiger partial charge in [-0.2, -0.15) is 5.10 Å². The number of nitrogens with one attached hydrogen (secondary N) is 1. The van der Waals surface area contributed by atoms with E-state index in [4.69, 9.17) is 4.98 Å². The summed E-state index contributed by atoms with van der Waals surface area (Å²) in [5.74, 6) is 0.870. The van der Waals surface area contributed by atoms with Crippen LogP contribution in [0.5, 0.6) is 0 Å². The van der Waals surface area contributed by atoms with Gasteiger partial charge in [0.15, 0.2) is 11.3 Å². The van der Waals surface area contributed by atoms with Gasteiger partial charge < -0.3 is 5.32 Å². The molecule has 150 valence electrons. The van der Waals surface area contributed by atoms with E-state index in [1.165, 1.54) is 5.56 Å². The highest BCUT2D eigenvalue weighted by Crippen LogP contribution is 2.25. The van der Waals surface area contributed by atoms with E-state index in [9.17, 15) is 4.79 Å². The minimum absolute atomic E-state index is 0.0284. The normalized spacial score (nSPS) is 11.4. The summed E-state index contributed by atoms with van der Waals surface area (Å²) in [6.07, 6.45) is 3.66. The van der Waals surface area contributed by atoms with E-state index in [0.717, 1.165) is 39.5 Å². The van der Waals surface area contributed by atoms with Gasteiger partial charge in [-0.1, -0.05) is 6.07 Å². The Morgan fingerprint density at radius 3 is 2.76 bits per heavy atom. The predicted molar refractivity (Wildman–Crippen MR) is 111 cm³/mol. The fourth-order valence-electron chi connectivity index (χ4n) is 3.93. The van der Waals surface area contributed by atoms with Crippen LogP contribution < -0.4 is 5.32 Å². The molecule has 0 aromatic carbocycles. The zero-order valence-electron chi connectivity index (χ0n) is 17.2. The number of aromatic nitrogens is 6. The summed E-state index contributed by atoms with van der Waals surface area (Å²) < 4.78 is 3.76. The number of nitrogens with zero attached hydrogens (tertiary/aromatic N) is 6. The van der Waals surface area contributed by atoms with E-state index in [1.807, 2.05) is 54.4 Å². The molecule has 0 saturated carbocycles. The summed E-state index contributed by atoms with van der Waals surface area (Å²) in [6, 6.07) is 5.78. The van der Waals surface area contributed by atoms with Crippen LogP contribution in [0.25, 0.3) is 16.7 Å². The van der Waals surface area contributed by atoms with Crippen molar-refractivity contribution in [3.63, 3.8) is 0 Å². The lowest BCUT2D eigenvalue weighted by atomic mass is 9.99. The van der Waals surface area contributed by atoms with E-state index in [-0.39, 0.29) is 5.91 Å². The summed E-state index contributed by atoms with van der Waals surface area (Å²) in [5.41, 5.74) is 5.94. The van der Waals surface area contributed by atoms with E-state index >= 15 is 0 Å². The highest BCUT2D eigenvalue weighted by Gasteiger charge is 2.16. The van der Waals surface area contributed by atoms with Crippen molar-refractivity contribution in [3.05, 3.63) is 52.7 Å². The molecule has 4 aromatic rings. The lowest BCUT2D eigenvalue weighted by molar-refractivity contribution is -0.121. The molecule has 29 heavy (non-hydrogen) atoms. The van der Waals surface area contributed by atoms with Crippen molar-refractivity contribution in [2.45, 2.75) is 40.0 Å². The molecule has 0 aliphatic carbocycles. The predicted octanol–water partition coefficient (Wildman–Crippen LogP) is 2.23. The maximum absolute atomic E-state index is 12.4. The molecule has 4 heterocycles. The molecule has 0 bridgehead atoms. The van der Waals surface area contributed by atoms with Crippen LogP contribution >= 0.6 is 0 Å². The second-order valence-electron chi connectivity index (χ2n) is 7.35. The van der Waals surface area contributed by atoms with E-state index in [2.05, 4.69) is 27.5 Å². The number of fused-ring (bicyclic) bond motifs is 2. The number of aryl methyl sites for hydroxylation is 4. The number of carbonyl (C=O) groups excluding carboxylic acids is 1. The topological polar surface area (TPSA) is 90.0 Å². The number of pyridine rings is 2. The Bertz CT molecular complexity index is 1200. The molecule has 0 atom stereocenters. The third-order valence-corrected chi connectivity index (χ3v) is 5.39. The summed E-state index contributed by atoms with van der Waals surface area (Å²) in [4.78, 5) is 17.1. The maximum atomic E-state index is 12.4. The van der Waals surface area contributed by atoms with Crippen LogP contribution in [-0.2, 0) is 24.7 Å². The SMILES string of the molecule is Cc1nc2c(c(C)nn2C)c(C)c1CCC(=O)NCCc1nnc2ccccn12. The van der Waals surface area contributed by atoms with E-state index in [0.29, 0.717) is 25.8 Å². The molecule has 1 N–H and O–H groups in total. The first-order valence-corrected chi connectivity index (χ1v) is 9.80. The summed E-state index contributed by atoms with van der Waals surface area (Å²) in [6.45, 7) is 6.62. The Morgan fingerprint density at radius 2 is 1.93 bits per heavy atom. The zero-order valence-corrected chi connectivity index (χ0v) is 17.2. The number of hydrogen-bond donors (Lipinski definition) is 1. The van der Waals surface area contributed by atoms with Crippen molar-refractivity contribution in [2.75, 3.05) is 6.54 Å². The van der Waals surface area contributed by atoms with Crippen LogP contribution in [0.2, 0.25) is 0 Å². The van der Waals surface area contributed by atoms with Gasteiger partial charge in [-0.05, 0) is 50.5 Å². The average molecular weight is 391 g/mol. The second kappa shape index (κ2) is 7.62. The molecule has 0 unspecified atom stereocenters. The van der Waals surface area contributed by atoms with Crippen molar-refractivity contribution in [2.24, 2.45) is 7.05 Å². The largest absolute Gasteiger partial charge is 0.356 e. The number of hydrogen-bond acceptors (Lipinski definition) is 5. The molecule has 4 aromatic heterocycles. The quantitative estimate of drug-likeness (QED) is 0.544. The standard InChI is InChI=1S/C21H25N7O/c1-13-16(14(2)23-21-20(13)15(3)26-27(21)4)8-9-19(29)22-11-10-18-25-24-17-7-5-6-12-28(17)18/h5-7,12H,8-11H2,1-4H3,(H,22,29). The summed E-state index contributed by atoms with van der Waals surface area (Å²) in [7, 11) is 1.91. The number of carbonyl (C=O) groups is 1. The van der Waals surface area contributed by atoms with Gasteiger partial charge in [0.05, 0.1) is 5.69 Å². The second-order valence-corrected chi connectivity index (χ2v) is 7.35. The van der Waals surface area contributed by atoms with Gasteiger partial charge >= 0.3 is 0 Å². The molecule has 0 saturated heterocycles. The fraction of sp³-hybridized carbons (Fsp3) is 0.381. The highest BCUT2D eigenvalue weighted by atomic mass is 16.1. The Balaban J connectivity index is 1.38. The van der Waals surface area contributed by atoms with Gasteiger partial charge in [0, 0.05) is 43.7 Å². The van der Waals surface area contributed by atoms with Crippen LogP contribution in [0, 0.1) is 20.8 Å². The van der Waals surface area contributed by atoms with Crippen molar-refractivity contribution < 1.29 is 4.79 Å². The minimum Gasteiger partial charge on any atom is -0.356 e. The fourth-order valence-corrected chi connectivity index (χ4v) is 3.93. The number of amides is 1. The Hall–Kier alpha value is -3.29. The van der Waals surface area contributed by atoms with Crippen molar-refractivity contribution >= 4 is 22.6 Å². The Morgan fingerprint density at radius 1 is 1.10 bits per heavy atom. The third kappa shape index (κ3) is 3.57. The first-order chi connectivity index (χ1) is 14.0. The van der Waals surface area contributed by atoms with Gasteiger partial charge in [0.2, 0.25) is 5.91 Å². The molecule has 4 rings (SSSR count). The minimum atomic E-state index is 0.0284.